The molecule has 0 aliphatic rings. The number of carbonyl (C=O) groups is 1. The van der Waals surface area contributed by atoms with Crippen molar-refractivity contribution in [3.05, 3.63) is 17.2 Å². The fraction of sp³-hybridized carbons (Fsp3) is 0.375. The third kappa shape index (κ3) is 2.97. The summed E-state index contributed by atoms with van der Waals surface area (Å²) in [6.45, 7) is 0.412. The van der Waals surface area contributed by atoms with E-state index >= 15 is 0 Å². The Balaban J connectivity index is 1.81. The Morgan fingerprint density at radius 2 is 2.41 bits per heavy atom. The summed E-state index contributed by atoms with van der Waals surface area (Å²) in [5.41, 5.74) is 0. The van der Waals surface area contributed by atoms with Gasteiger partial charge in [0.25, 0.3) is 5.91 Å². The van der Waals surface area contributed by atoms with Crippen LogP contribution in [0, 0.1) is 0 Å². The van der Waals surface area contributed by atoms with Crippen molar-refractivity contribution in [2.45, 2.75) is 6.42 Å². The maximum atomic E-state index is 11.6. The van der Waals surface area contributed by atoms with Crippen LogP contribution in [0.25, 0.3) is 0 Å². The molecule has 0 fully saturated rings. The van der Waals surface area contributed by atoms with E-state index in [1.165, 1.54) is 17.7 Å². The maximum Gasteiger partial charge on any atom is 0.282 e. The van der Waals surface area contributed by atoms with E-state index in [1.807, 2.05) is 0 Å². The molecule has 90 valence electrons. The summed E-state index contributed by atoms with van der Waals surface area (Å²) in [7, 11) is 1.72. The lowest BCUT2D eigenvalue weighted by Crippen LogP contribution is -2.25. The second kappa shape index (κ2) is 5.34. The van der Waals surface area contributed by atoms with E-state index in [2.05, 4.69) is 31.0 Å². The number of carbonyl (C=O) groups excluding carboxylic acids is 1. The molecule has 0 spiro atoms. The molecular formula is C8H10N6O2S. The van der Waals surface area contributed by atoms with Crippen molar-refractivity contribution in [2.75, 3.05) is 18.9 Å². The molecule has 0 bridgehead atoms. The van der Waals surface area contributed by atoms with Gasteiger partial charge in [-0.25, -0.2) is 0 Å². The summed E-state index contributed by atoms with van der Waals surface area (Å²) in [6, 6.07) is 0. The van der Waals surface area contributed by atoms with Gasteiger partial charge in [-0.2, -0.15) is 4.98 Å². The summed E-state index contributed by atoms with van der Waals surface area (Å²) in [5.74, 6) is 0.224. The van der Waals surface area contributed by atoms with Crippen molar-refractivity contribution in [3.63, 3.8) is 0 Å². The number of rotatable bonds is 5. The van der Waals surface area contributed by atoms with Crippen LogP contribution in [0.4, 0.5) is 5.13 Å². The predicted octanol–water partition coefficient (Wildman–Crippen LogP) is -0.0647. The number of anilines is 1. The number of aromatic nitrogens is 4. The number of nitrogens with one attached hydrogen (secondary N) is 2. The fourth-order valence-corrected chi connectivity index (χ4v) is 1.69. The highest BCUT2D eigenvalue weighted by Crippen LogP contribution is 2.13. The van der Waals surface area contributed by atoms with Crippen LogP contribution in [0.1, 0.15) is 15.7 Å². The largest absolute Gasteiger partial charge is 0.363 e. The number of nitrogens with zero attached hydrogens (tertiary/aromatic N) is 4. The van der Waals surface area contributed by atoms with Crippen LogP contribution in [0.3, 0.4) is 0 Å². The zero-order chi connectivity index (χ0) is 12.1. The highest BCUT2D eigenvalue weighted by molar-refractivity contribution is 7.17. The fourth-order valence-electron chi connectivity index (χ4n) is 1.08. The molecule has 0 radical (unpaired) electrons. The van der Waals surface area contributed by atoms with Crippen molar-refractivity contribution in [1.82, 2.24) is 25.7 Å². The predicted molar refractivity (Wildman–Crippen MR) is 59.8 cm³/mol. The smallest absolute Gasteiger partial charge is 0.282 e. The monoisotopic (exact) mass is 254 g/mol. The van der Waals surface area contributed by atoms with E-state index in [9.17, 15) is 4.79 Å². The van der Waals surface area contributed by atoms with Crippen LogP contribution in [-0.2, 0) is 6.42 Å². The molecule has 8 nitrogen and oxygen atoms in total. The minimum atomic E-state index is -0.261. The Kier molecular flexibility index (Phi) is 3.60. The second-order valence-electron chi connectivity index (χ2n) is 3.00. The summed E-state index contributed by atoms with van der Waals surface area (Å²) >= 11 is 1.19. The van der Waals surface area contributed by atoms with Gasteiger partial charge >= 0.3 is 0 Å². The number of hydrogen-bond donors (Lipinski definition) is 2. The summed E-state index contributed by atoms with van der Waals surface area (Å²) < 4.78 is 4.79. The Morgan fingerprint density at radius 3 is 3.06 bits per heavy atom. The lowest BCUT2D eigenvalue weighted by Gasteiger charge is -1.98. The molecule has 0 saturated heterocycles. The molecule has 0 aliphatic heterocycles. The topological polar surface area (TPSA) is 106 Å². The molecule has 0 aliphatic carbocycles. The normalized spacial score (nSPS) is 10.2. The average Bonchev–Trinajstić information content (AvgIpc) is 2.99. The summed E-state index contributed by atoms with van der Waals surface area (Å²) in [4.78, 5) is 15.4. The van der Waals surface area contributed by atoms with Gasteiger partial charge in [0.15, 0.2) is 6.33 Å². The Morgan fingerprint density at radius 1 is 1.53 bits per heavy atom. The SMILES string of the molecule is CNc1nnc(C(=O)NCCc2ncno2)s1. The zero-order valence-electron chi connectivity index (χ0n) is 9.01. The molecule has 9 heteroatoms. The molecule has 0 aromatic carbocycles. The van der Waals surface area contributed by atoms with E-state index in [-0.39, 0.29) is 5.91 Å². The van der Waals surface area contributed by atoms with E-state index in [0.29, 0.717) is 29.0 Å². The minimum Gasteiger partial charge on any atom is -0.363 e. The van der Waals surface area contributed by atoms with Gasteiger partial charge in [-0.05, 0) is 0 Å². The van der Waals surface area contributed by atoms with Crippen LogP contribution in [-0.4, -0.2) is 39.8 Å². The van der Waals surface area contributed by atoms with Gasteiger partial charge in [0.05, 0.1) is 0 Å². The molecule has 1 amide bonds. The quantitative estimate of drug-likeness (QED) is 0.769. The first-order chi connectivity index (χ1) is 8.29. The molecule has 2 heterocycles. The van der Waals surface area contributed by atoms with Gasteiger partial charge in [-0.1, -0.05) is 16.5 Å². The number of hydrogen-bond acceptors (Lipinski definition) is 8. The molecule has 2 rings (SSSR count). The van der Waals surface area contributed by atoms with Gasteiger partial charge in [0.2, 0.25) is 16.0 Å². The Labute approximate surface area is 100 Å². The molecule has 2 aromatic heterocycles. The van der Waals surface area contributed by atoms with Crippen LogP contribution >= 0.6 is 11.3 Å². The van der Waals surface area contributed by atoms with Gasteiger partial charge < -0.3 is 15.2 Å². The van der Waals surface area contributed by atoms with Gasteiger partial charge in [-0.3, -0.25) is 4.79 Å². The summed E-state index contributed by atoms with van der Waals surface area (Å²) in [6.07, 6.45) is 1.81. The van der Waals surface area contributed by atoms with Crippen LogP contribution in [0.5, 0.6) is 0 Å². The Bertz CT molecular complexity index is 482. The molecule has 2 N–H and O–H groups in total. The minimum absolute atomic E-state index is 0.261. The van der Waals surface area contributed by atoms with E-state index < -0.39 is 0 Å². The lowest BCUT2D eigenvalue weighted by atomic mass is 10.4. The van der Waals surface area contributed by atoms with Gasteiger partial charge in [0.1, 0.15) is 0 Å². The summed E-state index contributed by atoms with van der Waals surface area (Å²) in [5, 5.41) is 17.4. The van der Waals surface area contributed by atoms with E-state index in [0.717, 1.165) is 0 Å². The van der Waals surface area contributed by atoms with Crippen molar-refractivity contribution >= 4 is 22.4 Å². The first kappa shape index (κ1) is 11.5. The van der Waals surface area contributed by atoms with E-state index in [4.69, 9.17) is 4.52 Å². The van der Waals surface area contributed by atoms with Crippen LogP contribution < -0.4 is 10.6 Å². The van der Waals surface area contributed by atoms with Gasteiger partial charge in [-0.15, -0.1) is 10.2 Å². The van der Waals surface area contributed by atoms with Crippen molar-refractivity contribution in [2.24, 2.45) is 0 Å². The molecule has 0 saturated carbocycles. The van der Waals surface area contributed by atoms with Crippen LogP contribution in [0.15, 0.2) is 10.9 Å². The third-order valence-electron chi connectivity index (χ3n) is 1.86. The molecule has 0 atom stereocenters. The highest BCUT2D eigenvalue weighted by Gasteiger charge is 2.11. The average molecular weight is 254 g/mol. The van der Waals surface area contributed by atoms with Crippen molar-refractivity contribution in [1.29, 1.82) is 0 Å². The Hall–Kier alpha value is -2.03. The van der Waals surface area contributed by atoms with Crippen molar-refractivity contribution in [3.8, 4) is 0 Å². The second-order valence-corrected chi connectivity index (χ2v) is 3.98. The third-order valence-corrected chi connectivity index (χ3v) is 2.80. The zero-order valence-corrected chi connectivity index (χ0v) is 9.82. The first-order valence-electron chi connectivity index (χ1n) is 4.84. The molecule has 0 unspecified atom stereocenters. The standard InChI is InChI=1S/C8H10N6O2S/c1-9-8-14-13-7(17-8)6(15)10-3-2-5-11-4-12-16-5/h4H,2-3H2,1H3,(H,9,14)(H,10,15). The lowest BCUT2D eigenvalue weighted by molar-refractivity contribution is 0.0952. The molecule has 17 heavy (non-hydrogen) atoms. The van der Waals surface area contributed by atoms with Crippen LogP contribution in [0.2, 0.25) is 0 Å². The highest BCUT2D eigenvalue weighted by atomic mass is 32.1. The first-order valence-corrected chi connectivity index (χ1v) is 5.66. The van der Waals surface area contributed by atoms with E-state index in [1.54, 1.807) is 7.05 Å². The number of amides is 1. The molecular weight excluding hydrogens is 244 g/mol. The molecule has 2 aromatic rings. The maximum absolute atomic E-state index is 11.6. The van der Waals surface area contributed by atoms with Crippen molar-refractivity contribution < 1.29 is 9.32 Å². The van der Waals surface area contributed by atoms with Gasteiger partial charge in [0, 0.05) is 20.0 Å².